The van der Waals surface area contributed by atoms with Gasteiger partial charge in [-0.1, -0.05) is 53.4 Å². The number of nitrogens with one attached hydrogen (secondary N) is 2. The predicted molar refractivity (Wildman–Crippen MR) is 124 cm³/mol. The predicted octanol–water partition coefficient (Wildman–Crippen LogP) is 4.06. The Bertz CT molecular complexity index is 1010. The summed E-state index contributed by atoms with van der Waals surface area (Å²) < 4.78 is 11.7. The molecule has 3 rings (SSSR count). The van der Waals surface area contributed by atoms with Crippen molar-refractivity contribution in [2.24, 2.45) is 0 Å². The van der Waals surface area contributed by atoms with Crippen LogP contribution in [0.15, 0.2) is 58.9 Å². The van der Waals surface area contributed by atoms with Gasteiger partial charge < -0.3 is 20.1 Å². The van der Waals surface area contributed by atoms with Crippen molar-refractivity contribution in [1.29, 1.82) is 0 Å². The van der Waals surface area contributed by atoms with E-state index in [4.69, 9.17) is 9.47 Å². The van der Waals surface area contributed by atoms with Crippen LogP contribution in [0.3, 0.4) is 0 Å². The number of rotatable bonds is 10. The Kier molecular flexibility index (Phi) is 8.31. The van der Waals surface area contributed by atoms with Gasteiger partial charge in [-0.05, 0) is 31.2 Å². The minimum Gasteiger partial charge on any atom is -0.494 e. The van der Waals surface area contributed by atoms with Crippen molar-refractivity contribution >= 4 is 39.9 Å². The zero-order valence-corrected chi connectivity index (χ0v) is 18.8. The van der Waals surface area contributed by atoms with E-state index in [9.17, 15) is 9.59 Å². The summed E-state index contributed by atoms with van der Waals surface area (Å²) in [5.41, 5.74) is 1.55. The first kappa shape index (κ1) is 22.6. The van der Waals surface area contributed by atoms with E-state index in [0.717, 1.165) is 11.3 Å². The number of carbonyl (C=O) groups is 2. The standard InChI is InChI=1S/C22H23N3O4S2/c1-3-28-16-9-11-17(12-10-16)29-13-18(26)24-21-20(15-7-5-4-6-8-15)25-22(31-21)30-14-19(27)23-2/h4-12H,3,13-14H2,1-2H3,(H,23,27)(H,24,26). The first-order valence-electron chi connectivity index (χ1n) is 9.64. The highest BCUT2D eigenvalue weighted by Gasteiger charge is 2.17. The van der Waals surface area contributed by atoms with Gasteiger partial charge in [0.25, 0.3) is 5.91 Å². The number of thiazole rings is 1. The molecule has 0 aliphatic rings. The summed E-state index contributed by atoms with van der Waals surface area (Å²) in [6, 6.07) is 16.7. The molecule has 0 spiro atoms. The van der Waals surface area contributed by atoms with Crippen LogP contribution in [0.25, 0.3) is 11.3 Å². The van der Waals surface area contributed by atoms with Crippen molar-refractivity contribution < 1.29 is 19.1 Å². The van der Waals surface area contributed by atoms with Gasteiger partial charge in [-0.15, -0.1) is 0 Å². The normalized spacial score (nSPS) is 10.4. The monoisotopic (exact) mass is 457 g/mol. The Morgan fingerprint density at radius 1 is 1.00 bits per heavy atom. The summed E-state index contributed by atoms with van der Waals surface area (Å²) in [5, 5.41) is 6.09. The second-order valence-corrected chi connectivity index (χ2v) is 8.45. The fraction of sp³-hybridized carbons (Fsp3) is 0.227. The fourth-order valence-electron chi connectivity index (χ4n) is 2.55. The zero-order valence-electron chi connectivity index (χ0n) is 17.2. The molecule has 2 N–H and O–H groups in total. The van der Waals surface area contributed by atoms with Gasteiger partial charge in [0.15, 0.2) is 10.9 Å². The van der Waals surface area contributed by atoms with Gasteiger partial charge in [-0.25, -0.2) is 4.98 Å². The summed E-state index contributed by atoms with van der Waals surface area (Å²) in [6.07, 6.45) is 0. The van der Waals surface area contributed by atoms with Crippen molar-refractivity contribution in [1.82, 2.24) is 10.3 Å². The third-order valence-electron chi connectivity index (χ3n) is 4.02. The van der Waals surface area contributed by atoms with Crippen molar-refractivity contribution in [3.05, 3.63) is 54.6 Å². The number of anilines is 1. The molecule has 0 aliphatic heterocycles. The molecular weight excluding hydrogens is 434 g/mol. The number of amides is 2. The maximum Gasteiger partial charge on any atom is 0.262 e. The molecule has 0 unspecified atom stereocenters. The van der Waals surface area contributed by atoms with Gasteiger partial charge >= 0.3 is 0 Å². The highest BCUT2D eigenvalue weighted by Crippen LogP contribution is 2.37. The molecule has 0 bridgehead atoms. The summed E-state index contributed by atoms with van der Waals surface area (Å²) in [7, 11) is 1.59. The molecule has 9 heteroatoms. The van der Waals surface area contributed by atoms with E-state index < -0.39 is 0 Å². The number of thioether (sulfide) groups is 1. The lowest BCUT2D eigenvalue weighted by molar-refractivity contribution is -0.118. The molecule has 0 radical (unpaired) electrons. The summed E-state index contributed by atoms with van der Waals surface area (Å²) in [4.78, 5) is 28.7. The zero-order chi connectivity index (χ0) is 22.1. The smallest absolute Gasteiger partial charge is 0.262 e. The van der Waals surface area contributed by atoms with Crippen LogP contribution >= 0.6 is 23.1 Å². The van der Waals surface area contributed by atoms with Crippen molar-refractivity contribution in [2.75, 3.05) is 31.3 Å². The number of nitrogens with zero attached hydrogens (tertiary/aromatic N) is 1. The molecule has 0 fully saturated rings. The quantitative estimate of drug-likeness (QED) is 0.446. The van der Waals surface area contributed by atoms with Crippen LogP contribution < -0.4 is 20.1 Å². The Balaban J connectivity index is 1.67. The second-order valence-electron chi connectivity index (χ2n) is 6.23. The van der Waals surface area contributed by atoms with Gasteiger partial charge in [0, 0.05) is 12.6 Å². The highest BCUT2D eigenvalue weighted by molar-refractivity contribution is 8.01. The lowest BCUT2D eigenvalue weighted by Crippen LogP contribution is -2.20. The van der Waals surface area contributed by atoms with Gasteiger partial charge in [0.1, 0.15) is 22.2 Å². The molecule has 2 amide bonds. The van der Waals surface area contributed by atoms with Gasteiger partial charge in [0.2, 0.25) is 5.91 Å². The number of ether oxygens (including phenoxy) is 2. The van der Waals surface area contributed by atoms with Crippen LogP contribution in [0.1, 0.15) is 6.92 Å². The first-order valence-corrected chi connectivity index (χ1v) is 11.4. The van der Waals surface area contributed by atoms with Crippen LogP contribution in [0.5, 0.6) is 11.5 Å². The lowest BCUT2D eigenvalue weighted by atomic mass is 10.2. The van der Waals surface area contributed by atoms with Crippen LogP contribution in [0, 0.1) is 0 Å². The van der Waals surface area contributed by atoms with Crippen molar-refractivity contribution in [3.63, 3.8) is 0 Å². The highest BCUT2D eigenvalue weighted by atomic mass is 32.2. The molecule has 0 aliphatic carbocycles. The maximum atomic E-state index is 12.5. The third-order valence-corrected chi connectivity index (χ3v) is 6.13. The Labute approximate surface area is 189 Å². The first-order chi connectivity index (χ1) is 15.1. The van der Waals surface area contributed by atoms with Gasteiger partial charge in [-0.3, -0.25) is 9.59 Å². The second kappa shape index (κ2) is 11.4. The largest absolute Gasteiger partial charge is 0.494 e. The molecular formula is C22H23N3O4S2. The lowest BCUT2D eigenvalue weighted by Gasteiger charge is -2.08. The molecule has 31 heavy (non-hydrogen) atoms. The van der Waals surface area contributed by atoms with E-state index in [0.29, 0.717) is 27.4 Å². The number of benzene rings is 2. The topological polar surface area (TPSA) is 89.5 Å². The summed E-state index contributed by atoms with van der Waals surface area (Å²) in [5.74, 6) is 1.20. The summed E-state index contributed by atoms with van der Waals surface area (Å²) in [6.45, 7) is 2.37. The minimum atomic E-state index is -0.294. The average Bonchev–Trinajstić information content (AvgIpc) is 3.20. The van der Waals surface area contributed by atoms with E-state index in [1.165, 1.54) is 23.1 Å². The molecule has 162 valence electrons. The van der Waals surface area contributed by atoms with E-state index in [1.54, 1.807) is 31.3 Å². The number of hydrogen-bond donors (Lipinski definition) is 2. The molecule has 1 aromatic heterocycles. The van der Waals surface area contributed by atoms with Crippen LogP contribution in [-0.4, -0.2) is 42.8 Å². The van der Waals surface area contributed by atoms with E-state index in [1.807, 2.05) is 37.3 Å². The molecule has 0 atom stereocenters. The molecule has 2 aromatic carbocycles. The molecule has 3 aromatic rings. The molecule has 7 nitrogen and oxygen atoms in total. The number of hydrogen-bond acceptors (Lipinski definition) is 7. The third kappa shape index (κ3) is 6.73. The summed E-state index contributed by atoms with van der Waals surface area (Å²) >= 11 is 2.66. The maximum absolute atomic E-state index is 12.5. The van der Waals surface area contributed by atoms with Crippen LogP contribution in [0.4, 0.5) is 5.00 Å². The van der Waals surface area contributed by atoms with E-state index >= 15 is 0 Å². The minimum absolute atomic E-state index is 0.0872. The Morgan fingerprint density at radius 3 is 2.32 bits per heavy atom. The average molecular weight is 458 g/mol. The Hall–Kier alpha value is -3.04. The van der Waals surface area contributed by atoms with Crippen molar-refractivity contribution in [3.8, 4) is 22.8 Å². The SMILES string of the molecule is CCOc1ccc(OCC(=O)Nc2sc(SCC(=O)NC)nc2-c2ccccc2)cc1. The van der Waals surface area contributed by atoms with Gasteiger partial charge in [0.05, 0.1) is 12.4 Å². The number of carbonyl (C=O) groups excluding carboxylic acids is 2. The van der Waals surface area contributed by atoms with Crippen LogP contribution in [-0.2, 0) is 9.59 Å². The number of aromatic nitrogens is 1. The molecule has 1 heterocycles. The fourth-order valence-corrected chi connectivity index (χ4v) is 4.50. The van der Waals surface area contributed by atoms with Crippen LogP contribution in [0.2, 0.25) is 0 Å². The Morgan fingerprint density at radius 2 is 1.68 bits per heavy atom. The molecule has 0 saturated carbocycles. The van der Waals surface area contributed by atoms with E-state index in [2.05, 4.69) is 15.6 Å². The van der Waals surface area contributed by atoms with Crippen molar-refractivity contribution in [2.45, 2.75) is 11.3 Å². The van der Waals surface area contributed by atoms with Gasteiger partial charge in [-0.2, -0.15) is 0 Å². The molecule has 0 saturated heterocycles. The van der Waals surface area contributed by atoms with E-state index in [-0.39, 0.29) is 24.2 Å².